The van der Waals surface area contributed by atoms with E-state index in [0.29, 0.717) is 5.92 Å². The Morgan fingerprint density at radius 2 is 1.79 bits per heavy atom. The van der Waals surface area contributed by atoms with Crippen LogP contribution in [0.5, 0.6) is 0 Å². The molecule has 106 valence electrons. The number of hydrogen-bond donors (Lipinski definition) is 2. The summed E-state index contributed by atoms with van der Waals surface area (Å²) in [7, 11) is 0. The molecule has 3 heteroatoms. The Kier molecular flexibility index (Phi) is 2.64. The summed E-state index contributed by atoms with van der Waals surface area (Å²) in [5.74, 6) is 1.02. The van der Waals surface area contributed by atoms with Crippen molar-refractivity contribution in [1.29, 1.82) is 0 Å². The van der Waals surface area contributed by atoms with Crippen molar-refractivity contribution in [3.05, 3.63) is 11.6 Å². The highest BCUT2D eigenvalue weighted by Crippen LogP contribution is 2.58. The highest BCUT2D eigenvalue weighted by atomic mass is 16.3. The minimum absolute atomic E-state index is 0.165. The van der Waals surface area contributed by atoms with E-state index in [4.69, 9.17) is 0 Å². The average Bonchev–Trinajstić information content (AvgIpc) is 2.40. The third-order valence-electron chi connectivity index (χ3n) is 6.42. The summed E-state index contributed by atoms with van der Waals surface area (Å²) < 4.78 is 0. The van der Waals surface area contributed by atoms with Crippen LogP contribution < -0.4 is 0 Å². The Bertz CT molecular complexity index is 419. The summed E-state index contributed by atoms with van der Waals surface area (Å²) in [6.45, 7) is 4.59. The van der Waals surface area contributed by atoms with Gasteiger partial charge in [0.1, 0.15) is 0 Å². The molecule has 1 spiro atoms. The van der Waals surface area contributed by atoms with Crippen LogP contribution in [0.25, 0.3) is 0 Å². The van der Waals surface area contributed by atoms with Crippen LogP contribution in [-0.2, 0) is 0 Å². The van der Waals surface area contributed by atoms with E-state index in [0.717, 1.165) is 12.8 Å². The second kappa shape index (κ2) is 4.06. The zero-order valence-corrected chi connectivity index (χ0v) is 11.8. The topological polar surface area (TPSA) is 43.7 Å². The van der Waals surface area contributed by atoms with Crippen molar-refractivity contribution in [2.24, 2.45) is 17.8 Å². The van der Waals surface area contributed by atoms with Crippen LogP contribution in [0.4, 0.5) is 0 Å². The molecular weight excluding hydrogens is 238 g/mol. The monoisotopic (exact) mass is 263 g/mol. The molecule has 3 nitrogen and oxygen atoms in total. The maximum Gasteiger partial charge on any atom is 0.0868 e. The van der Waals surface area contributed by atoms with E-state index in [1.807, 2.05) is 0 Å². The summed E-state index contributed by atoms with van der Waals surface area (Å²) in [5.41, 5.74) is 1.59. The highest BCUT2D eigenvalue weighted by Gasteiger charge is 2.63. The molecule has 4 aliphatic rings. The molecule has 19 heavy (non-hydrogen) atoms. The van der Waals surface area contributed by atoms with Gasteiger partial charge in [0.2, 0.25) is 0 Å². The van der Waals surface area contributed by atoms with Crippen LogP contribution in [0.3, 0.4) is 0 Å². The smallest absolute Gasteiger partial charge is 0.0868 e. The minimum Gasteiger partial charge on any atom is -0.390 e. The summed E-state index contributed by atoms with van der Waals surface area (Å²) in [4.78, 5) is 2.67. The molecule has 2 aliphatic heterocycles. The van der Waals surface area contributed by atoms with Gasteiger partial charge in [0.05, 0.1) is 12.2 Å². The van der Waals surface area contributed by atoms with Gasteiger partial charge in [-0.2, -0.15) is 0 Å². The van der Waals surface area contributed by atoms with Gasteiger partial charge in [0, 0.05) is 17.4 Å². The molecule has 2 bridgehead atoms. The first-order valence-electron chi connectivity index (χ1n) is 7.93. The number of hydrogen-bond acceptors (Lipinski definition) is 3. The van der Waals surface area contributed by atoms with Crippen molar-refractivity contribution in [2.45, 2.75) is 56.8 Å². The number of aliphatic hydroxyl groups excluding tert-OH is 2. The van der Waals surface area contributed by atoms with Gasteiger partial charge < -0.3 is 10.2 Å². The molecule has 4 rings (SSSR count). The Morgan fingerprint density at radius 1 is 1.11 bits per heavy atom. The summed E-state index contributed by atoms with van der Waals surface area (Å²) in [6, 6.07) is 0. The van der Waals surface area contributed by atoms with Gasteiger partial charge in [0.15, 0.2) is 0 Å². The number of nitrogens with zero attached hydrogens (tertiary/aromatic N) is 1. The number of rotatable bonds is 0. The fourth-order valence-electron chi connectivity index (χ4n) is 5.89. The molecule has 0 aromatic carbocycles. The number of piperidine rings is 2. The van der Waals surface area contributed by atoms with Gasteiger partial charge in [-0.3, -0.25) is 4.90 Å². The Hall–Kier alpha value is -0.380. The molecule has 0 amide bonds. The van der Waals surface area contributed by atoms with Crippen LogP contribution in [0.15, 0.2) is 11.6 Å². The fraction of sp³-hybridized carbons (Fsp3) is 0.875. The van der Waals surface area contributed by atoms with E-state index < -0.39 is 12.2 Å². The zero-order chi connectivity index (χ0) is 13.2. The van der Waals surface area contributed by atoms with Crippen LogP contribution in [-0.4, -0.2) is 45.9 Å². The molecule has 0 radical (unpaired) electrons. The lowest BCUT2D eigenvalue weighted by Crippen LogP contribution is -2.73. The van der Waals surface area contributed by atoms with E-state index in [1.165, 1.54) is 37.9 Å². The second-order valence-electron chi connectivity index (χ2n) is 7.22. The summed E-state index contributed by atoms with van der Waals surface area (Å²) in [6.07, 6.45) is 7.06. The standard InChI is InChI=1S/C16H25NO2/c1-10-8-11-12-4-2-6-17-7-3-5-13(15(19)14(11)18)16(12,17)9-10/h8,11-15,18-19H,2-7,9H2,1H3/t11-,12-,13-,14+,15+,16-/m1/s1. The lowest BCUT2D eigenvalue weighted by molar-refractivity contribution is -0.204. The van der Waals surface area contributed by atoms with Gasteiger partial charge in [-0.05, 0) is 58.0 Å². The van der Waals surface area contributed by atoms with Crippen LogP contribution in [0.2, 0.25) is 0 Å². The Labute approximate surface area is 115 Å². The van der Waals surface area contributed by atoms with Crippen molar-refractivity contribution < 1.29 is 10.2 Å². The van der Waals surface area contributed by atoms with Gasteiger partial charge in [-0.15, -0.1) is 0 Å². The van der Waals surface area contributed by atoms with Crippen molar-refractivity contribution in [1.82, 2.24) is 4.90 Å². The zero-order valence-electron chi connectivity index (χ0n) is 11.8. The first-order chi connectivity index (χ1) is 9.14. The predicted molar refractivity (Wildman–Crippen MR) is 73.6 cm³/mol. The van der Waals surface area contributed by atoms with Crippen molar-refractivity contribution in [3.63, 3.8) is 0 Å². The summed E-state index contributed by atoms with van der Waals surface area (Å²) >= 11 is 0. The second-order valence-corrected chi connectivity index (χ2v) is 7.22. The molecule has 2 heterocycles. The minimum atomic E-state index is -0.545. The fourth-order valence-corrected chi connectivity index (χ4v) is 5.89. The molecule has 2 N–H and O–H groups in total. The average molecular weight is 263 g/mol. The quantitative estimate of drug-likeness (QED) is 0.652. The van der Waals surface area contributed by atoms with Gasteiger partial charge >= 0.3 is 0 Å². The lowest BCUT2D eigenvalue weighted by atomic mass is 9.50. The third kappa shape index (κ3) is 1.44. The van der Waals surface area contributed by atoms with Crippen molar-refractivity contribution >= 4 is 0 Å². The largest absolute Gasteiger partial charge is 0.390 e. The molecule has 2 aliphatic carbocycles. The third-order valence-corrected chi connectivity index (χ3v) is 6.42. The number of aliphatic hydroxyl groups is 2. The normalized spacial score (nSPS) is 53.4. The van der Waals surface area contributed by atoms with E-state index >= 15 is 0 Å². The van der Waals surface area contributed by atoms with E-state index in [1.54, 1.807) is 0 Å². The first-order valence-corrected chi connectivity index (χ1v) is 7.93. The first kappa shape index (κ1) is 12.4. The Morgan fingerprint density at radius 3 is 2.53 bits per heavy atom. The van der Waals surface area contributed by atoms with Crippen molar-refractivity contribution in [3.8, 4) is 0 Å². The molecule has 0 aromatic rings. The predicted octanol–water partition coefficient (Wildman–Crippen LogP) is 1.55. The Balaban J connectivity index is 1.87. The van der Waals surface area contributed by atoms with Crippen molar-refractivity contribution in [2.75, 3.05) is 13.1 Å². The van der Waals surface area contributed by atoms with Crippen LogP contribution >= 0.6 is 0 Å². The molecule has 1 saturated carbocycles. The molecule has 6 atom stereocenters. The lowest BCUT2D eigenvalue weighted by Gasteiger charge is -2.66. The molecule has 2 saturated heterocycles. The molecule has 0 unspecified atom stereocenters. The van der Waals surface area contributed by atoms with E-state index in [2.05, 4.69) is 17.9 Å². The highest BCUT2D eigenvalue weighted by molar-refractivity contribution is 5.27. The van der Waals surface area contributed by atoms with Crippen LogP contribution in [0.1, 0.15) is 39.0 Å². The maximum atomic E-state index is 10.6. The maximum absolute atomic E-state index is 10.6. The molecule has 3 fully saturated rings. The molecular formula is C16H25NO2. The summed E-state index contributed by atoms with van der Waals surface area (Å²) in [5, 5.41) is 21.2. The van der Waals surface area contributed by atoms with E-state index in [-0.39, 0.29) is 17.4 Å². The van der Waals surface area contributed by atoms with Gasteiger partial charge in [-0.1, -0.05) is 11.6 Å². The van der Waals surface area contributed by atoms with E-state index in [9.17, 15) is 10.2 Å². The molecule has 0 aromatic heterocycles. The SMILES string of the molecule is CC1=C[C@H]2[C@H](O)[C@@H](O)[C@H]3CCCN4CCC[C@H]2[C@]34C1. The van der Waals surface area contributed by atoms with Gasteiger partial charge in [-0.25, -0.2) is 0 Å². The van der Waals surface area contributed by atoms with Gasteiger partial charge in [0.25, 0.3) is 0 Å². The van der Waals surface area contributed by atoms with Crippen LogP contribution in [0, 0.1) is 17.8 Å².